The van der Waals surface area contributed by atoms with Gasteiger partial charge < -0.3 is 4.90 Å². The molecule has 0 spiro atoms. The van der Waals surface area contributed by atoms with E-state index in [1.165, 1.54) is 0 Å². The summed E-state index contributed by atoms with van der Waals surface area (Å²) in [6.07, 6.45) is 0. The third kappa shape index (κ3) is 2.99. The molecule has 0 aromatic rings. The fourth-order valence-corrected chi connectivity index (χ4v) is 1.32. The second-order valence-electron chi connectivity index (χ2n) is 3.28. The van der Waals surface area contributed by atoms with Crippen LogP contribution in [0.15, 0.2) is 0 Å². The Balaban J connectivity index is 2.22. The Morgan fingerprint density at radius 2 is 1.82 bits per heavy atom. The first-order valence-corrected chi connectivity index (χ1v) is 4.09. The van der Waals surface area contributed by atoms with Gasteiger partial charge >= 0.3 is 0 Å². The lowest BCUT2D eigenvalue weighted by Gasteiger charge is -2.31. The van der Waals surface area contributed by atoms with Crippen LogP contribution in [0.1, 0.15) is 6.92 Å². The summed E-state index contributed by atoms with van der Waals surface area (Å²) in [5, 5.41) is 0. The largest absolute Gasteiger partial charge is 0.304 e. The Bertz CT molecular complexity index is 139. The zero-order valence-corrected chi connectivity index (χ0v) is 7.34. The van der Waals surface area contributed by atoms with Crippen LogP contribution in [0.25, 0.3) is 0 Å². The van der Waals surface area contributed by atoms with Crippen LogP contribution >= 0.6 is 0 Å². The first-order chi connectivity index (χ1) is 5.18. The standard InChI is InChI=1S/C8H16N2O/c1-8(11)7-10-5-3-9(2)4-6-10/h3-7H2,1-2H3/i7+1,9+1,10+1. The van der Waals surface area contributed by atoms with Gasteiger partial charge in [-0.05, 0) is 14.0 Å². The van der Waals surface area contributed by atoms with E-state index in [-0.39, 0.29) is 5.78 Å². The summed E-state index contributed by atoms with van der Waals surface area (Å²) in [7, 11) is 2.12. The zero-order chi connectivity index (χ0) is 8.27. The van der Waals surface area contributed by atoms with Crippen molar-refractivity contribution in [2.45, 2.75) is 6.92 Å². The van der Waals surface area contributed by atoms with Crippen molar-refractivity contribution < 1.29 is 4.79 Å². The third-order valence-corrected chi connectivity index (χ3v) is 2.04. The topological polar surface area (TPSA) is 23.6 Å². The summed E-state index contributed by atoms with van der Waals surface area (Å²) >= 11 is 0. The molecule has 0 amide bonds. The lowest BCUT2D eigenvalue weighted by Crippen LogP contribution is -2.45. The Hall–Kier alpha value is -0.410. The van der Waals surface area contributed by atoms with E-state index in [0.29, 0.717) is 6.54 Å². The van der Waals surface area contributed by atoms with Crippen molar-refractivity contribution in [2.24, 2.45) is 0 Å². The molecule has 64 valence electrons. The van der Waals surface area contributed by atoms with Gasteiger partial charge in [0.25, 0.3) is 0 Å². The van der Waals surface area contributed by atoms with Crippen molar-refractivity contribution in [3.05, 3.63) is 0 Å². The minimum atomic E-state index is 0.273. The van der Waals surface area contributed by atoms with Crippen molar-refractivity contribution in [1.29, 1.82) is 0 Å². The Morgan fingerprint density at radius 3 is 2.27 bits per heavy atom. The van der Waals surface area contributed by atoms with Gasteiger partial charge in [0.15, 0.2) is 0 Å². The molecule has 1 rings (SSSR count). The van der Waals surface area contributed by atoms with Crippen LogP contribution in [0.4, 0.5) is 0 Å². The summed E-state index contributed by atoms with van der Waals surface area (Å²) in [5.41, 5.74) is 0. The van der Waals surface area contributed by atoms with Crippen molar-refractivity contribution >= 4 is 5.78 Å². The normalized spacial score (nSPS) is 22.0. The van der Waals surface area contributed by atoms with E-state index in [4.69, 9.17) is 0 Å². The number of ketones is 1. The third-order valence-electron chi connectivity index (χ3n) is 2.04. The molecule has 0 aliphatic carbocycles. The second kappa shape index (κ2) is 3.83. The minimum absolute atomic E-state index is 0.273. The summed E-state index contributed by atoms with van der Waals surface area (Å²) < 4.78 is 0. The fraction of sp³-hybridized carbons (Fsp3) is 0.875. The molecular formula is C8H16N2O. The maximum atomic E-state index is 10.7. The van der Waals surface area contributed by atoms with Gasteiger partial charge in [-0.2, -0.15) is 0 Å². The van der Waals surface area contributed by atoms with Crippen LogP contribution in [-0.2, 0) is 4.79 Å². The van der Waals surface area contributed by atoms with Gasteiger partial charge in [-0.1, -0.05) is 0 Å². The van der Waals surface area contributed by atoms with Crippen molar-refractivity contribution in [3.63, 3.8) is 0 Å². The van der Waals surface area contributed by atoms with Gasteiger partial charge in [-0.15, -0.1) is 0 Å². The molecular weight excluding hydrogens is 143 g/mol. The number of hydrogen-bond donors (Lipinski definition) is 0. The molecule has 0 atom stereocenters. The lowest BCUT2D eigenvalue weighted by atomic mass is 10.5. The smallest absolute Gasteiger partial charge is 0.143 e. The van der Waals surface area contributed by atoms with Gasteiger partial charge in [-0.25, -0.2) is 0 Å². The summed E-state index contributed by atoms with van der Waals surface area (Å²) in [6, 6.07) is 0. The predicted molar refractivity (Wildman–Crippen MR) is 44.6 cm³/mol. The van der Waals surface area contributed by atoms with Crippen LogP contribution in [0.2, 0.25) is 0 Å². The van der Waals surface area contributed by atoms with Gasteiger partial charge in [-0.3, -0.25) is 9.69 Å². The van der Waals surface area contributed by atoms with Gasteiger partial charge in [0.1, 0.15) is 5.78 Å². The summed E-state index contributed by atoms with van der Waals surface area (Å²) in [4.78, 5) is 15.2. The molecule has 1 aliphatic heterocycles. The Morgan fingerprint density at radius 1 is 1.27 bits per heavy atom. The SMILES string of the molecule is CC(=O)[13CH2][15N]1CC[15N](C)CC1. The molecule has 0 N–H and O–H groups in total. The number of rotatable bonds is 2. The number of carbonyl (C=O) groups is 1. The van der Waals surface area contributed by atoms with Crippen LogP contribution in [0, 0.1) is 0 Å². The number of nitrogens with zero attached hydrogens (tertiary/aromatic N) is 2. The number of likely N-dealkylation sites (N-methyl/N-ethyl adjacent to an activating group) is 1. The molecule has 0 unspecified atom stereocenters. The number of carbonyl (C=O) groups excluding carboxylic acids is 1. The molecule has 0 saturated carbocycles. The first-order valence-electron chi connectivity index (χ1n) is 4.09. The average Bonchev–Trinajstić information content (AvgIpc) is 1.93. The molecule has 3 nitrogen and oxygen atoms in total. The van der Waals surface area contributed by atoms with Crippen LogP contribution in [0.3, 0.4) is 0 Å². The molecule has 1 fully saturated rings. The van der Waals surface area contributed by atoms with Crippen LogP contribution in [0.5, 0.6) is 0 Å². The van der Waals surface area contributed by atoms with E-state index in [2.05, 4.69) is 16.8 Å². The van der Waals surface area contributed by atoms with Gasteiger partial charge in [0.2, 0.25) is 0 Å². The van der Waals surface area contributed by atoms with Crippen LogP contribution in [-0.4, -0.2) is 55.4 Å². The van der Waals surface area contributed by atoms with Gasteiger partial charge in [0.05, 0.1) is 6.54 Å². The van der Waals surface area contributed by atoms with E-state index in [0.717, 1.165) is 26.2 Å². The lowest BCUT2D eigenvalue weighted by molar-refractivity contribution is -0.118. The molecule has 1 aliphatic rings. The van der Waals surface area contributed by atoms with Crippen LogP contribution < -0.4 is 0 Å². The van der Waals surface area contributed by atoms with E-state index in [1.54, 1.807) is 6.92 Å². The highest BCUT2D eigenvalue weighted by molar-refractivity contribution is 5.77. The van der Waals surface area contributed by atoms with E-state index >= 15 is 0 Å². The second-order valence-corrected chi connectivity index (χ2v) is 3.28. The highest BCUT2D eigenvalue weighted by atomic mass is 16.2. The van der Waals surface area contributed by atoms with Gasteiger partial charge in [0, 0.05) is 26.2 Å². The Labute approximate surface area is 68.0 Å². The molecule has 0 bridgehead atoms. The Kier molecular flexibility index (Phi) is 3.02. The van der Waals surface area contributed by atoms with E-state index < -0.39 is 0 Å². The first kappa shape index (κ1) is 8.68. The summed E-state index contributed by atoms with van der Waals surface area (Å²) in [5.74, 6) is 0.273. The zero-order valence-electron chi connectivity index (χ0n) is 7.34. The van der Waals surface area contributed by atoms with E-state index in [1.807, 2.05) is 0 Å². The molecule has 1 saturated heterocycles. The van der Waals surface area contributed by atoms with Crippen molar-refractivity contribution in [2.75, 3.05) is 39.8 Å². The highest BCUT2D eigenvalue weighted by Gasteiger charge is 2.13. The van der Waals surface area contributed by atoms with E-state index in [9.17, 15) is 4.79 Å². The minimum Gasteiger partial charge on any atom is -0.304 e. The van der Waals surface area contributed by atoms with Crippen molar-refractivity contribution in [3.8, 4) is 0 Å². The quantitative estimate of drug-likeness (QED) is 0.412. The number of Topliss-reactive ketones (excluding diaryl/α,β-unsaturated/α-hetero) is 1. The average molecular weight is 159 g/mol. The maximum absolute atomic E-state index is 10.7. The monoisotopic (exact) mass is 159 g/mol. The maximum Gasteiger partial charge on any atom is 0.143 e. The fourth-order valence-electron chi connectivity index (χ4n) is 1.32. The highest BCUT2D eigenvalue weighted by Crippen LogP contribution is 1.97. The number of piperazine rings is 1. The molecule has 0 radical (unpaired) electrons. The molecule has 3 heteroatoms. The van der Waals surface area contributed by atoms with Crippen molar-refractivity contribution in [1.82, 2.24) is 9.80 Å². The molecule has 11 heavy (non-hydrogen) atoms. The predicted octanol–water partition coefficient (Wildman–Crippen LogP) is -0.177. The summed E-state index contributed by atoms with van der Waals surface area (Å²) in [6.45, 7) is 6.54. The number of hydrogen-bond acceptors (Lipinski definition) is 3. The molecule has 1 heterocycles. The molecule has 0 aromatic heterocycles. The molecule has 0 aromatic carbocycles.